The first kappa shape index (κ1) is 88.8. The fourth-order valence-electron chi connectivity index (χ4n) is 9.28. The second kappa shape index (κ2) is 38.0. The predicted molar refractivity (Wildman–Crippen MR) is 452 cm³/mol. The van der Waals surface area contributed by atoms with Gasteiger partial charge in [-0.25, -0.2) is 0 Å². The number of benzene rings is 8. The van der Waals surface area contributed by atoms with Crippen LogP contribution in [0.2, 0.25) is 0 Å². The predicted octanol–water partition coefficient (Wildman–Crippen LogP) is 14.6. The number of thioether (sulfide) groups is 2. The maximum Gasteiger partial charge on any atom is 0.494 e. The fourth-order valence-corrected chi connectivity index (χ4v) is 11.7. The average molecular weight is 1560 g/mol. The molecule has 0 atom stereocenters. The molecule has 8 aromatic carbocycles. The quantitative estimate of drug-likeness (QED) is 0.0333. The minimum absolute atomic E-state index is 0.279. The van der Waals surface area contributed by atoms with Crippen molar-refractivity contribution in [3.05, 3.63) is 223 Å². The third kappa shape index (κ3) is 26.3. The van der Waals surface area contributed by atoms with Gasteiger partial charge in [0.2, 0.25) is 6.10 Å². The number of aliphatic hydroxyl groups is 2. The maximum absolute atomic E-state index is 9.10. The van der Waals surface area contributed by atoms with Gasteiger partial charge < -0.3 is 57.5 Å². The zero-order valence-electron chi connectivity index (χ0n) is 64.2. The summed E-state index contributed by atoms with van der Waals surface area (Å²) in [6.45, 7) is 39.4. The summed E-state index contributed by atoms with van der Waals surface area (Å²) in [6, 6.07) is 70.6. The second-order valence-corrected chi connectivity index (χ2v) is 34.9. The molecule has 12 rings (SSSR count). The van der Waals surface area contributed by atoms with Gasteiger partial charge in [-0.2, -0.15) is 15.8 Å². The Labute approximate surface area is 657 Å². The molecule has 8 aromatic rings. The molecule has 1 radical (unpaired) electrons. The molecule has 104 heavy (non-hydrogen) atoms. The van der Waals surface area contributed by atoms with E-state index in [2.05, 4.69) is 261 Å². The van der Waals surface area contributed by atoms with E-state index in [9.17, 15) is 0 Å². The van der Waals surface area contributed by atoms with Crippen molar-refractivity contribution in [1.82, 2.24) is 0 Å². The lowest BCUT2D eigenvalue weighted by molar-refractivity contribution is -0.107. The van der Waals surface area contributed by atoms with Crippen molar-refractivity contribution in [2.24, 2.45) is 0 Å². The topological polar surface area (TPSA) is 155 Å². The molecule has 0 aliphatic carbocycles. The van der Waals surface area contributed by atoms with Gasteiger partial charge in [-0.1, -0.05) is 157 Å². The van der Waals surface area contributed by atoms with Crippen LogP contribution in [0, 0.1) is 0 Å². The zero-order valence-corrected chi connectivity index (χ0v) is 70.1. The Morgan fingerprint density at radius 3 is 0.760 bits per heavy atom. The van der Waals surface area contributed by atoms with Crippen LogP contribution in [0.25, 0.3) is 0 Å². The largest absolute Gasteiger partial charge is 0.494 e. The van der Waals surface area contributed by atoms with Gasteiger partial charge in [0.25, 0.3) is 0 Å². The van der Waals surface area contributed by atoms with E-state index in [-0.39, 0.29) is 73.3 Å². The maximum atomic E-state index is 9.10. The van der Waals surface area contributed by atoms with Crippen LogP contribution in [-0.2, 0) is 48.7 Å². The number of hydrogen-bond donors (Lipinski definition) is 7. The third-order valence-electron chi connectivity index (χ3n) is 19.8. The van der Waals surface area contributed by atoms with Crippen molar-refractivity contribution in [3.8, 4) is 0 Å². The Balaban J connectivity index is 0.000000197. The van der Waals surface area contributed by atoms with Gasteiger partial charge in [-0.05, 0) is 238 Å². The summed E-state index contributed by atoms with van der Waals surface area (Å²) in [4.78, 5) is 5.22. The van der Waals surface area contributed by atoms with Crippen LogP contribution in [0.4, 0.5) is 0 Å². The highest BCUT2D eigenvalue weighted by Crippen LogP contribution is 2.40. The lowest BCUT2D eigenvalue weighted by Gasteiger charge is -2.32. The lowest BCUT2D eigenvalue weighted by atomic mass is 9.79. The number of hydrogen-bond acceptors (Lipinski definition) is 17. The molecule has 0 amide bonds. The Hall–Kier alpha value is -4.10. The van der Waals surface area contributed by atoms with E-state index in [1.165, 1.54) is 26.4 Å². The summed E-state index contributed by atoms with van der Waals surface area (Å²) >= 11 is 19.5. The first-order valence-corrected chi connectivity index (χ1v) is 39.1. The van der Waals surface area contributed by atoms with Crippen molar-refractivity contribution < 1.29 is 57.5 Å². The van der Waals surface area contributed by atoms with Gasteiger partial charge in [0, 0.05) is 36.0 Å². The van der Waals surface area contributed by atoms with E-state index in [4.69, 9.17) is 57.5 Å². The highest BCUT2D eigenvalue weighted by molar-refractivity contribution is 9.23. The summed E-state index contributed by atoms with van der Waals surface area (Å²) < 4.78 is 48.1. The summed E-state index contributed by atoms with van der Waals surface area (Å²) in [7, 11) is -2.51. The molecule has 0 spiro atoms. The molecule has 0 bridgehead atoms. The van der Waals surface area contributed by atoms with E-state index >= 15 is 0 Å². The molecule has 553 valence electrons. The van der Waals surface area contributed by atoms with Gasteiger partial charge in [0.15, 0.2) is 0 Å². The third-order valence-corrected chi connectivity index (χ3v) is 23.3. The van der Waals surface area contributed by atoms with E-state index in [1.54, 1.807) is 52.0 Å². The van der Waals surface area contributed by atoms with Crippen LogP contribution >= 0.6 is 77.2 Å². The average Bonchev–Trinajstić information content (AvgIpc) is 1.65. The van der Waals surface area contributed by atoms with Crippen molar-refractivity contribution >= 4 is 152 Å². The highest BCUT2D eigenvalue weighted by atomic mass is 79.9. The Bertz CT molecular complexity index is 3580. The van der Waals surface area contributed by atoms with E-state index in [0.717, 1.165) is 48.0 Å². The summed E-state index contributed by atoms with van der Waals surface area (Å²) in [5.41, 5.74) is 4.29. The van der Waals surface area contributed by atoms with Crippen LogP contribution in [0.1, 0.15) is 150 Å². The van der Waals surface area contributed by atoms with Crippen molar-refractivity contribution in [1.29, 1.82) is 0 Å². The standard InChI is InChI=1S/2C19H23BO2S.2C12H17BO2S.C6H5BBr.C6H7BO2S.C6H14O2/c2*1-18(2)19(3,4)22-20(21-18)16-10-12-17(13-11-16)23-14-15-8-6-5-7-9-15;2*1-11(2)12(3,4)15-13(14-11)9-5-7-10(16)8-6-9;8-7-6-4-2-1-3-5-6;8-7(9)5-1-3-6(10)4-2-5;1-5(2,7)6(3,4)8/h2*5-13H,14H2,1-4H3;2*5-8,16H,1-4H3;1-5H;1-4,8-10H;7-8H,1-4H3. The SMILES string of the molecule is Br[B]c1ccccc1.CC(C)(O)C(C)(C)O.CC1(C)OB(c2ccc(S)cc2)OC1(C)C.CC1(C)OB(c2ccc(S)cc2)OC1(C)C.CC1(C)OB(c2ccc(SCc3ccccc3)cc2)OC1(C)C.CC1(C)OB(c2ccc(SCc3ccccc3)cc2)OC1(C)C.OB(O)c1ccc(S)cc1. The molecule has 4 fully saturated rings. The number of thiol groups is 3. The van der Waals surface area contributed by atoms with Crippen molar-refractivity contribution in [2.75, 3.05) is 0 Å². The molecule has 4 aliphatic rings. The molecule has 24 heteroatoms. The van der Waals surface area contributed by atoms with Crippen LogP contribution in [0.15, 0.2) is 237 Å². The van der Waals surface area contributed by atoms with Gasteiger partial charge in [-0.3, -0.25) is 0 Å². The number of rotatable bonds is 13. The summed E-state index contributed by atoms with van der Waals surface area (Å²) in [5, 5.41) is 35.5. The van der Waals surface area contributed by atoms with Crippen LogP contribution < -0.4 is 32.8 Å². The monoisotopic (exact) mass is 1560 g/mol. The Kier molecular flexibility index (Phi) is 32.5. The highest BCUT2D eigenvalue weighted by Gasteiger charge is 2.55. The lowest BCUT2D eigenvalue weighted by Crippen LogP contribution is -2.44. The molecule has 4 N–H and O–H groups in total. The minimum Gasteiger partial charge on any atom is -0.423 e. The molecule has 4 saturated heterocycles. The molecule has 4 aliphatic heterocycles. The van der Waals surface area contributed by atoms with E-state index in [0.29, 0.717) is 5.46 Å². The van der Waals surface area contributed by atoms with E-state index in [1.807, 2.05) is 121 Å². The van der Waals surface area contributed by atoms with Crippen molar-refractivity contribution in [3.63, 3.8) is 0 Å². The van der Waals surface area contributed by atoms with Gasteiger partial charge in [0.05, 0.1) is 56.0 Å². The van der Waals surface area contributed by atoms with Crippen LogP contribution in [0.5, 0.6) is 0 Å². The molecule has 12 nitrogen and oxygen atoms in total. The molecular formula is C80H106B6BrO12S5. The molecule has 0 unspecified atom stereocenters. The zero-order chi connectivity index (χ0) is 77.3. The number of halogens is 1. The van der Waals surface area contributed by atoms with Crippen LogP contribution in [-0.4, -0.2) is 118 Å². The Morgan fingerprint density at radius 2 is 0.558 bits per heavy atom. The van der Waals surface area contributed by atoms with E-state index < -0.39 is 18.3 Å². The summed E-state index contributed by atoms with van der Waals surface area (Å²) in [5.74, 6) is 1.97. The molecular weight excluding hydrogens is 1460 g/mol. The van der Waals surface area contributed by atoms with Gasteiger partial charge in [0.1, 0.15) is 0 Å². The molecule has 0 aromatic heterocycles. The normalized spacial score (nSPS) is 18.0. The Morgan fingerprint density at radius 1 is 0.346 bits per heavy atom. The van der Waals surface area contributed by atoms with Crippen LogP contribution in [0.3, 0.4) is 0 Å². The van der Waals surface area contributed by atoms with Gasteiger partial charge >= 0.3 is 35.6 Å². The second-order valence-electron chi connectivity index (χ2n) is 30.8. The fraction of sp³-hybridized carbons (Fsp3) is 0.400. The molecule has 4 heterocycles. The molecule has 0 saturated carbocycles. The smallest absolute Gasteiger partial charge is 0.423 e. The van der Waals surface area contributed by atoms with Crippen molar-refractivity contribution in [2.45, 2.75) is 230 Å². The first-order chi connectivity index (χ1) is 48.3. The van der Waals surface area contributed by atoms with Gasteiger partial charge in [-0.15, -0.1) is 61.4 Å². The minimum atomic E-state index is -1.38. The summed E-state index contributed by atoms with van der Waals surface area (Å²) in [6.07, 6.45) is 1.90. The first-order valence-electron chi connectivity index (χ1n) is 34.9.